The summed E-state index contributed by atoms with van der Waals surface area (Å²) in [6.07, 6.45) is 3.81. The minimum atomic E-state index is -0.352. The minimum Gasteiger partial charge on any atom is -0.481 e. The molecule has 1 amide bonds. The third-order valence-electron chi connectivity index (χ3n) is 4.33. The van der Waals surface area contributed by atoms with Gasteiger partial charge in [-0.05, 0) is 25.7 Å². The van der Waals surface area contributed by atoms with Crippen LogP contribution in [0.2, 0.25) is 0 Å². The number of aromatic nitrogens is 2. The van der Waals surface area contributed by atoms with E-state index in [-0.39, 0.29) is 12.0 Å². The van der Waals surface area contributed by atoms with Gasteiger partial charge in [0.1, 0.15) is 6.10 Å². The second kappa shape index (κ2) is 7.12. The van der Waals surface area contributed by atoms with Crippen molar-refractivity contribution in [1.82, 2.24) is 14.9 Å². The largest absolute Gasteiger partial charge is 0.481 e. The van der Waals surface area contributed by atoms with Gasteiger partial charge in [-0.15, -0.1) is 0 Å². The lowest BCUT2D eigenvalue weighted by atomic mass is 10.2. The van der Waals surface area contributed by atoms with Crippen molar-refractivity contribution in [2.24, 2.45) is 5.92 Å². The maximum Gasteiger partial charge on any atom is 0.251 e. The van der Waals surface area contributed by atoms with Gasteiger partial charge in [0, 0.05) is 38.4 Å². The first-order valence-electron chi connectivity index (χ1n) is 8.19. The molecule has 1 aliphatic carbocycles. The minimum absolute atomic E-state index is 0.0804. The van der Waals surface area contributed by atoms with E-state index in [0.29, 0.717) is 50.5 Å². The molecular weight excluding hydrogens is 296 g/mol. The SMILES string of the molecule is COc1ccnc(N2CCN(C(=O)[C@H](C)OCC3CC3)CC2)n1. The van der Waals surface area contributed by atoms with Crippen molar-refractivity contribution in [3.63, 3.8) is 0 Å². The zero-order chi connectivity index (χ0) is 16.2. The van der Waals surface area contributed by atoms with Crippen LogP contribution in [0, 0.1) is 5.92 Å². The van der Waals surface area contributed by atoms with Crippen molar-refractivity contribution in [3.05, 3.63) is 12.3 Å². The molecule has 1 saturated heterocycles. The van der Waals surface area contributed by atoms with Gasteiger partial charge in [-0.25, -0.2) is 4.98 Å². The Morgan fingerprint density at radius 2 is 2.09 bits per heavy atom. The fourth-order valence-corrected chi connectivity index (χ4v) is 2.62. The topological polar surface area (TPSA) is 67.8 Å². The van der Waals surface area contributed by atoms with Crippen LogP contribution in [0.1, 0.15) is 19.8 Å². The van der Waals surface area contributed by atoms with Crippen LogP contribution in [0.25, 0.3) is 0 Å². The van der Waals surface area contributed by atoms with Crippen LogP contribution in [0.4, 0.5) is 5.95 Å². The Kier molecular flexibility index (Phi) is 4.95. The molecule has 1 aliphatic heterocycles. The summed E-state index contributed by atoms with van der Waals surface area (Å²) >= 11 is 0. The standard InChI is InChI=1S/C16H24N4O3/c1-12(23-11-13-3-4-13)15(21)19-7-9-20(10-8-19)16-17-6-5-14(18-16)22-2/h5-6,12-13H,3-4,7-11H2,1-2H3/t12-/m0/s1. The molecular formula is C16H24N4O3. The molecule has 1 aromatic heterocycles. The van der Waals surface area contributed by atoms with Gasteiger partial charge in [-0.1, -0.05) is 0 Å². The molecule has 0 bridgehead atoms. The van der Waals surface area contributed by atoms with Gasteiger partial charge in [-0.3, -0.25) is 4.79 Å². The molecule has 2 aliphatic rings. The van der Waals surface area contributed by atoms with Crippen molar-refractivity contribution in [2.75, 3.05) is 44.8 Å². The predicted octanol–water partition coefficient (Wildman–Crippen LogP) is 0.949. The number of anilines is 1. The quantitative estimate of drug-likeness (QED) is 0.777. The van der Waals surface area contributed by atoms with E-state index in [4.69, 9.17) is 9.47 Å². The number of hydrogen-bond donors (Lipinski definition) is 0. The van der Waals surface area contributed by atoms with Crippen molar-refractivity contribution in [2.45, 2.75) is 25.9 Å². The molecule has 0 aromatic carbocycles. The Morgan fingerprint density at radius 1 is 1.35 bits per heavy atom. The lowest BCUT2D eigenvalue weighted by molar-refractivity contribution is -0.143. The van der Waals surface area contributed by atoms with Gasteiger partial charge in [0.25, 0.3) is 5.91 Å². The van der Waals surface area contributed by atoms with Crippen LogP contribution in [-0.2, 0) is 9.53 Å². The van der Waals surface area contributed by atoms with E-state index in [0.717, 1.165) is 0 Å². The molecule has 0 N–H and O–H groups in total. The number of carbonyl (C=O) groups is 1. The van der Waals surface area contributed by atoms with Gasteiger partial charge >= 0.3 is 0 Å². The highest BCUT2D eigenvalue weighted by molar-refractivity contribution is 5.80. The third-order valence-corrected chi connectivity index (χ3v) is 4.33. The Labute approximate surface area is 136 Å². The summed E-state index contributed by atoms with van der Waals surface area (Å²) < 4.78 is 10.8. The first-order chi connectivity index (χ1) is 11.2. The summed E-state index contributed by atoms with van der Waals surface area (Å²) in [7, 11) is 1.59. The first-order valence-corrected chi connectivity index (χ1v) is 8.19. The lowest BCUT2D eigenvalue weighted by Crippen LogP contribution is -2.51. The van der Waals surface area contributed by atoms with Gasteiger partial charge in [0.05, 0.1) is 13.7 Å². The number of amides is 1. The number of rotatable bonds is 6. The lowest BCUT2D eigenvalue weighted by Gasteiger charge is -2.35. The number of hydrogen-bond acceptors (Lipinski definition) is 6. The highest BCUT2D eigenvalue weighted by Gasteiger charge is 2.28. The molecule has 0 spiro atoms. The summed E-state index contributed by atoms with van der Waals surface area (Å²) in [5.74, 6) is 1.95. The molecule has 1 saturated carbocycles. The maximum atomic E-state index is 12.4. The number of carbonyl (C=O) groups excluding carboxylic acids is 1. The van der Waals surface area contributed by atoms with Gasteiger partial charge < -0.3 is 19.3 Å². The third kappa shape index (κ3) is 4.10. The summed E-state index contributed by atoms with van der Waals surface area (Å²) in [4.78, 5) is 25.0. The maximum absolute atomic E-state index is 12.4. The Morgan fingerprint density at radius 3 is 2.74 bits per heavy atom. The molecule has 3 rings (SSSR count). The zero-order valence-electron chi connectivity index (χ0n) is 13.8. The van der Waals surface area contributed by atoms with E-state index < -0.39 is 0 Å². The first kappa shape index (κ1) is 16.0. The van der Waals surface area contributed by atoms with Crippen LogP contribution in [0.5, 0.6) is 5.88 Å². The van der Waals surface area contributed by atoms with Gasteiger partial charge in [0.15, 0.2) is 0 Å². The van der Waals surface area contributed by atoms with Crippen LogP contribution in [0.15, 0.2) is 12.3 Å². The normalized spacial score (nSPS) is 19.6. The van der Waals surface area contributed by atoms with Crippen LogP contribution in [0.3, 0.4) is 0 Å². The molecule has 2 fully saturated rings. The molecule has 0 unspecified atom stereocenters. The highest BCUT2D eigenvalue weighted by atomic mass is 16.5. The molecule has 7 nitrogen and oxygen atoms in total. The fraction of sp³-hybridized carbons (Fsp3) is 0.688. The van der Waals surface area contributed by atoms with Crippen LogP contribution < -0.4 is 9.64 Å². The zero-order valence-corrected chi connectivity index (χ0v) is 13.8. The number of nitrogens with zero attached hydrogens (tertiary/aromatic N) is 4. The Hall–Kier alpha value is -1.89. The molecule has 7 heteroatoms. The van der Waals surface area contributed by atoms with Crippen molar-refractivity contribution in [1.29, 1.82) is 0 Å². The smallest absolute Gasteiger partial charge is 0.251 e. The average Bonchev–Trinajstić information content (AvgIpc) is 3.43. The number of ether oxygens (including phenoxy) is 2. The van der Waals surface area contributed by atoms with E-state index in [1.54, 1.807) is 19.4 Å². The van der Waals surface area contributed by atoms with Crippen LogP contribution in [-0.4, -0.2) is 66.8 Å². The van der Waals surface area contributed by atoms with E-state index in [9.17, 15) is 4.79 Å². The van der Waals surface area contributed by atoms with Crippen molar-refractivity contribution < 1.29 is 14.3 Å². The van der Waals surface area contributed by atoms with Crippen molar-refractivity contribution in [3.8, 4) is 5.88 Å². The molecule has 0 radical (unpaired) electrons. The summed E-state index contributed by atoms with van der Waals surface area (Å²) in [6, 6.07) is 1.72. The van der Waals surface area contributed by atoms with E-state index in [1.807, 2.05) is 11.8 Å². The monoisotopic (exact) mass is 320 g/mol. The number of piperazine rings is 1. The second-order valence-corrected chi connectivity index (χ2v) is 6.13. The average molecular weight is 320 g/mol. The molecule has 1 aromatic rings. The van der Waals surface area contributed by atoms with Gasteiger partial charge in [0.2, 0.25) is 11.8 Å². The van der Waals surface area contributed by atoms with Gasteiger partial charge in [-0.2, -0.15) is 4.98 Å². The molecule has 2 heterocycles. The Bertz CT molecular complexity index is 542. The summed E-state index contributed by atoms with van der Waals surface area (Å²) in [5.41, 5.74) is 0. The second-order valence-electron chi connectivity index (χ2n) is 6.13. The Balaban J connectivity index is 1.49. The molecule has 1 atom stereocenters. The van der Waals surface area contributed by atoms with E-state index in [2.05, 4.69) is 14.9 Å². The van der Waals surface area contributed by atoms with Crippen molar-refractivity contribution >= 4 is 11.9 Å². The predicted molar refractivity (Wildman–Crippen MR) is 85.5 cm³/mol. The summed E-state index contributed by atoms with van der Waals surface area (Å²) in [5, 5.41) is 0. The fourth-order valence-electron chi connectivity index (χ4n) is 2.62. The molecule has 126 valence electrons. The molecule has 23 heavy (non-hydrogen) atoms. The van der Waals surface area contributed by atoms with E-state index >= 15 is 0 Å². The number of methoxy groups -OCH3 is 1. The van der Waals surface area contributed by atoms with E-state index in [1.165, 1.54) is 12.8 Å². The van der Waals surface area contributed by atoms with Crippen LogP contribution >= 0.6 is 0 Å². The summed E-state index contributed by atoms with van der Waals surface area (Å²) in [6.45, 7) is 5.32. The highest BCUT2D eigenvalue weighted by Crippen LogP contribution is 2.29.